The molecule has 3 rings (SSSR count). The van der Waals surface area contributed by atoms with Crippen LogP contribution in [0.2, 0.25) is 0 Å². The van der Waals surface area contributed by atoms with Gasteiger partial charge in [0.25, 0.3) is 0 Å². The van der Waals surface area contributed by atoms with E-state index in [0.717, 1.165) is 32.5 Å². The van der Waals surface area contributed by atoms with Gasteiger partial charge in [0.2, 0.25) is 11.8 Å². The van der Waals surface area contributed by atoms with Gasteiger partial charge in [-0.2, -0.15) is 0 Å². The van der Waals surface area contributed by atoms with Gasteiger partial charge in [0.15, 0.2) is 0 Å². The molecule has 2 saturated heterocycles. The highest BCUT2D eigenvalue weighted by Gasteiger charge is 2.43. The highest BCUT2D eigenvalue weighted by Crippen LogP contribution is 2.32. The fourth-order valence-corrected chi connectivity index (χ4v) is 4.16. The second-order valence-electron chi connectivity index (χ2n) is 7.45. The smallest absolute Gasteiger partial charge is 0.227 e. The van der Waals surface area contributed by atoms with Crippen LogP contribution in [0.3, 0.4) is 0 Å². The van der Waals surface area contributed by atoms with E-state index < -0.39 is 0 Å². The minimum atomic E-state index is -0.330. The number of amides is 2. The first-order valence-electron chi connectivity index (χ1n) is 9.45. The molecule has 1 spiro atoms. The molecule has 2 fully saturated rings. The first kappa shape index (κ1) is 18.8. The Morgan fingerprint density at radius 3 is 2.69 bits per heavy atom. The summed E-state index contributed by atoms with van der Waals surface area (Å²) in [5.74, 6) is -0.165. The molecule has 2 amide bonds. The van der Waals surface area contributed by atoms with E-state index in [1.807, 2.05) is 16.7 Å². The Kier molecular flexibility index (Phi) is 5.61. The molecule has 0 saturated carbocycles. The third-order valence-electron chi connectivity index (χ3n) is 6.04. The summed E-state index contributed by atoms with van der Waals surface area (Å²) in [6, 6.07) is 6.45. The van der Waals surface area contributed by atoms with E-state index >= 15 is 0 Å². The number of piperazine rings is 1. The van der Waals surface area contributed by atoms with Crippen molar-refractivity contribution in [3.8, 4) is 0 Å². The lowest BCUT2D eigenvalue weighted by atomic mass is 9.86. The summed E-state index contributed by atoms with van der Waals surface area (Å²) in [7, 11) is 2.09. The van der Waals surface area contributed by atoms with Crippen molar-refractivity contribution in [1.82, 2.24) is 14.7 Å². The molecule has 2 aliphatic heterocycles. The second-order valence-corrected chi connectivity index (χ2v) is 7.45. The quantitative estimate of drug-likeness (QED) is 0.826. The van der Waals surface area contributed by atoms with Crippen LogP contribution in [0.5, 0.6) is 0 Å². The first-order chi connectivity index (χ1) is 12.4. The zero-order chi connectivity index (χ0) is 18.7. The number of likely N-dealkylation sites (tertiary alicyclic amines) is 1. The van der Waals surface area contributed by atoms with Crippen LogP contribution in [0.4, 0.5) is 4.39 Å². The molecule has 0 aromatic heterocycles. The van der Waals surface area contributed by atoms with Gasteiger partial charge in [-0.15, -0.1) is 0 Å². The second kappa shape index (κ2) is 7.74. The van der Waals surface area contributed by atoms with Gasteiger partial charge in [0, 0.05) is 44.7 Å². The standard InChI is InChI=1S/C20H28FN3O2/c1-3-23-11-10-20(9-8-18(23)25)15-24(13-12-22(20)2)19(26)14-16-6-4-5-7-17(16)21/h4-7H,3,8-15H2,1-2H3/t20-/m0/s1. The van der Waals surface area contributed by atoms with Crippen molar-refractivity contribution in [2.45, 2.75) is 38.1 Å². The topological polar surface area (TPSA) is 43.9 Å². The van der Waals surface area contributed by atoms with E-state index in [2.05, 4.69) is 11.9 Å². The van der Waals surface area contributed by atoms with Crippen molar-refractivity contribution >= 4 is 11.8 Å². The fourth-order valence-electron chi connectivity index (χ4n) is 4.16. The van der Waals surface area contributed by atoms with Crippen molar-refractivity contribution in [2.24, 2.45) is 0 Å². The van der Waals surface area contributed by atoms with Crippen LogP contribution in [0, 0.1) is 5.82 Å². The van der Waals surface area contributed by atoms with Gasteiger partial charge in [0.1, 0.15) is 5.82 Å². The minimum Gasteiger partial charge on any atom is -0.343 e. The summed E-state index contributed by atoms with van der Waals surface area (Å²) >= 11 is 0. The Morgan fingerprint density at radius 1 is 1.19 bits per heavy atom. The molecule has 1 aromatic rings. The van der Waals surface area contributed by atoms with Gasteiger partial charge in [-0.3, -0.25) is 14.5 Å². The largest absolute Gasteiger partial charge is 0.343 e. The van der Waals surface area contributed by atoms with Crippen molar-refractivity contribution in [3.05, 3.63) is 35.6 Å². The van der Waals surface area contributed by atoms with Crippen LogP contribution >= 0.6 is 0 Å². The average Bonchev–Trinajstić information content (AvgIpc) is 2.79. The van der Waals surface area contributed by atoms with E-state index in [9.17, 15) is 14.0 Å². The Hall–Kier alpha value is -1.95. The fraction of sp³-hybridized carbons (Fsp3) is 0.600. The molecule has 2 heterocycles. The molecule has 6 heteroatoms. The number of hydrogen-bond acceptors (Lipinski definition) is 3. The maximum atomic E-state index is 13.9. The van der Waals surface area contributed by atoms with E-state index in [1.54, 1.807) is 18.2 Å². The van der Waals surface area contributed by atoms with Crippen molar-refractivity contribution < 1.29 is 14.0 Å². The predicted molar refractivity (Wildman–Crippen MR) is 98.2 cm³/mol. The third-order valence-corrected chi connectivity index (χ3v) is 6.04. The van der Waals surface area contributed by atoms with E-state index in [0.29, 0.717) is 25.1 Å². The zero-order valence-electron chi connectivity index (χ0n) is 15.7. The van der Waals surface area contributed by atoms with Gasteiger partial charge < -0.3 is 9.80 Å². The highest BCUT2D eigenvalue weighted by atomic mass is 19.1. The molecule has 0 aliphatic carbocycles. The van der Waals surface area contributed by atoms with Crippen LogP contribution in [-0.2, 0) is 16.0 Å². The number of rotatable bonds is 3. The maximum Gasteiger partial charge on any atom is 0.227 e. The van der Waals surface area contributed by atoms with Crippen molar-refractivity contribution in [1.29, 1.82) is 0 Å². The van der Waals surface area contributed by atoms with Gasteiger partial charge >= 0.3 is 0 Å². The molecule has 0 radical (unpaired) electrons. The zero-order valence-corrected chi connectivity index (χ0v) is 15.7. The van der Waals surface area contributed by atoms with Crippen molar-refractivity contribution in [3.63, 3.8) is 0 Å². The van der Waals surface area contributed by atoms with E-state index in [1.165, 1.54) is 6.07 Å². The third kappa shape index (κ3) is 3.75. The summed E-state index contributed by atoms with van der Waals surface area (Å²) in [5.41, 5.74) is 0.279. The van der Waals surface area contributed by atoms with Crippen LogP contribution in [0.25, 0.3) is 0 Å². The number of carbonyl (C=O) groups excluding carboxylic acids is 2. The lowest BCUT2D eigenvalue weighted by Gasteiger charge is -2.49. The number of carbonyl (C=O) groups is 2. The highest BCUT2D eigenvalue weighted by molar-refractivity contribution is 5.79. The van der Waals surface area contributed by atoms with Crippen LogP contribution in [0.1, 0.15) is 31.7 Å². The Balaban J connectivity index is 1.72. The lowest BCUT2D eigenvalue weighted by molar-refractivity contribution is -0.136. The molecular formula is C20H28FN3O2. The number of likely N-dealkylation sites (N-methyl/N-ethyl adjacent to an activating group) is 1. The Morgan fingerprint density at radius 2 is 1.96 bits per heavy atom. The van der Waals surface area contributed by atoms with Gasteiger partial charge in [-0.1, -0.05) is 18.2 Å². The van der Waals surface area contributed by atoms with Gasteiger partial charge in [-0.05, 0) is 38.4 Å². The maximum absolute atomic E-state index is 13.9. The molecular weight excluding hydrogens is 333 g/mol. The SMILES string of the molecule is CCN1CC[C@@]2(CCC1=O)CN(C(=O)Cc1ccccc1F)CCN2C. The number of hydrogen-bond donors (Lipinski definition) is 0. The van der Waals surface area contributed by atoms with Gasteiger partial charge in [-0.25, -0.2) is 4.39 Å². The molecule has 0 unspecified atom stereocenters. The number of halogens is 1. The summed E-state index contributed by atoms with van der Waals surface area (Å²) in [6.07, 6.45) is 2.24. The van der Waals surface area contributed by atoms with Crippen molar-refractivity contribution in [2.75, 3.05) is 39.8 Å². The molecule has 5 nitrogen and oxygen atoms in total. The minimum absolute atomic E-state index is 0.0366. The molecule has 0 N–H and O–H groups in total. The molecule has 26 heavy (non-hydrogen) atoms. The average molecular weight is 361 g/mol. The van der Waals surface area contributed by atoms with Crippen LogP contribution in [-0.4, -0.2) is 71.8 Å². The summed E-state index contributed by atoms with van der Waals surface area (Å²) in [5, 5.41) is 0. The predicted octanol–water partition coefficient (Wildman–Crippen LogP) is 1.91. The summed E-state index contributed by atoms with van der Waals surface area (Å²) in [6.45, 7) is 5.51. The molecule has 2 aliphatic rings. The summed E-state index contributed by atoms with van der Waals surface area (Å²) < 4.78 is 13.9. The molecule has 0 bridgehead atoms. The monoisotopic (exact) mass is 361 g/mol. The van der Waals surface area contributed by atoms with Crippen LogP contribution < -0.4 is 0 Å². The lowest BCUT2D eigenvalue weighted by Crippen LogP contribution is -2.62. The van der Waals surface area contributed by atoms with Crippen LogP contribution in [0.15, 0.2) is 24.3 Å². The molecule has 1 aromatic carbocycles. The number of benzene rings is 1. The Labute approximate surface area is 154 Å². The van der Waals surface area contributed by atoms with E-state index in [-0.39, 0.29) is 29.6 Å². The normalized spacial score (nSPS) is 24.8. The molecule has 142 valence electrons. The number of nitrogens with zero attached hydrogens (tertiary/aromatic N) is 3. The van der Waals surface area contributed by atoms with E-state index in [4.69, 9.17) is 0 Å². The first-order valence-corrected chi connectivity index (χ1v) is 9.45. The van der Waals surface area contributed by atoms with Gasteiger partial charge in [0.05, 0.1) is 6.42 Å². The Bertz CT molecular complexity index is 681. The summed E-state index contributed by atoms with van der Waals surface area (Å²) in [4.78, 5) is 31.1. The molecule has 1 atom stereocenters.